The highest BCUT2D eigenvalue weighted by molar-refractivity contribution is 5.91. The van der Waals surface area contributed by atoms with Crippen LogP contribution in [-0.2, 0) is 6.61 Å². The average Bonchev–Trinajstić information content (AvgIpc) is 3.30. The summed E-state index contributed by atoms with van der Waals surface area (Å²) < 4.78 is 11.0. The highest BCUT2D eigenvalue weighted by Gasteiger charge is 2.24. The van der Waals surface area contributed by atoms with Crippen molar-refractivity contribution >= 4 is 17.3 Å². The molecule has 0 radical (unpaired) electrons. The van der Waals surface area contributed by atoms with Crippen molar-refractivity contribution in [2.75, 3.05) is 6.61 Å². The number of aliphatic hydroxyl groups excluding tert-OH is 2. The lowest BCUT2D eigenvalue weighted by Gasteiger charge is -2.22. The molecule has 12 nitrogen and oxygen atoms in total. The number of carbonyl (C=O) groups excluding carboxylic acids is 1. The number of hydrogen-bond donors (Lipinski definition) is 3. The van der Waals surface area contributed by atoms with E-state index in [2.05, 4.69) is 5.32 Å². The summed E-state index contributed by atoms with van der Waals surface area (Å²) in [6, 6.07) is 11.2. The molecule has 0 aliphatic heterocycles. The minimum Gasteiger partial charge on any atom is -0.486 e. The van der Waals surface area contributed by atoms with E-state index in [9.17, 15) is 35.2 Å². The Morgan fingerprint density at radius 2 is 1.79 bits per heavy atom. The predicted molar refractivity (Wildman–Crippen MR) is 117 cm³/mol. The summed E-state index contributed by atoms with van der Waals surface area (Å²) in [4.78, 5) is 33.1. The van der Waals surface area contributed by atoms with Crippen LogP contribution in [0.1, 0.15) is 33.5 Å². The van der Waals surface area contributed by atoms with Crippen LogP contribution in [0.3, 0.4) is 0 Å². The molecule has 0 fully saturated rings. The van der Waals surface area contributed by atoms with Crippen LogP contribution in [0.2, 0.25) is 0 Å². The van der Waals surface area contributed by atoms with Crippen molar-refractivity contribution in [2.24, 2.45) is 0 Å². The van der Waals surface area contributed by atoms with Gasteiger partial charge in [-0.3, -0.25) is 25.0 Å². The lowest BCUT2D eigenvalue weighted by Crippen LogP contribution is -2.41. The van der Waals surface area contributed by atoms with Gasteiger partial charge in [0.2, 0.25) is 0 Å². The number of hydrogen-bond acceptors (Lipinski definition) is 9. The minimum atomic E-state index is -1.32. The molecule has 2 aromatic carbocycles. The summed E-state index contributed by atoms with van der Waals surface area (Å²) >= 11 is 0. The van der Waals surface area contributed by atoms with Crippen molar-refractivity contribution in [2.45, 2.75) is 25.7 Å². The molecule has 0 spiro atoms. The Labute approximate surface area is 192 Å². The zero-order valence-corrected chi connectivity index (χ0v) is 17.9. The van der Waals surface area contributed by atoms with Gasteiger partial charge in [0.1, 0.15) is 24.2 Å². The third-order valence-corrected chi connectivity index (χ3v) is 4.97. The molecule has 1 aromatic heterocycles. The fraction of sp³-hybridized carbons (Fsp3) is 0.227. The molecule has 0 bridgehead atoms. The number of aliphatic hydroxyl groups is 2. The van der Waals surface area contributed by atoms with E-state index in [1.54, 1.807) is 6.92 Å². The highest BCUT2D eigenvalue weighted by atomic mass is 16.6. The molecule has 0 saturated heterocycles. The number of carbonyl (C=O) groups is 1. The summed E-state index contributed by atoms with van der Waals surface area (Å²) in [7, 11) is 0. The second kappa shape index (κ2) is 10.6. The first-order valence-electron chi connectivity index (χ1n) is 10.00. The van der Waals surface area contributed by atoms with E-state index in [0.29, 0.717) is 17.1 Å². The first-order valence-corrected chi connectivity index (χ1v) is 10.00. The summed E-state index contributed by atoms with van der Waals surface area (Å²) in [5.41, 5.74) is 0.522. The maximum absolute atomic E-state index is 12.5. The number of rotatable bonds is 10. The number of aryl methyl sites for hydroxylation is 1. The van der Waals surface area contributed by atoms with Gasteiger partial charge < -0.3 is 24.7 Å². The molecule has 2 unspecified atom stereocenters. The smallest absolute Gasteiger partial charge is 0.287 e. The number of nitrogens with one attached hydrogen (secondary N) is 1. The van der Waals surface area contributed by atoms with Gasteiger partial charge in [0.25, 0.3) is 17.3 Å². The normalized spacial score (nSPS) is 12.6. The molecule has 178 valence electrons. The van der Waals surface area contributed by atoms with E-state index >= 15 is 0 Å². The zero-order chi connectivity index (χ0) is 24.8. The molecule has 0 aliphatic rings. The van der Waals surface area contributed by atoms with Crippen LogP contribution in [0.25, 0.3) is 0 Å². The molecule has 0 saturated carbocycles. The van der Waals surface area contributed by atoms with Crippen LogP contribution < -0.4 is 10.1 Å². The Kier molecular flexibility index (Phi) is 7.56. The van der Waals surface area contributed by atoms with Crippen molar-refractivity contribution in [3.05, 3.63) is 97.5 Å². The van der Waals surface area contributed by atoms with E-state index in [-0.39, 0.29) is 29.3 Å². The molecule has 2 atom stereocenters. The Balaban J connectivity index is 1.60. The first-order chi connectivity index (χ1) is 16.2. The van der Waals surface area contributed by atoms with Crippen LogP contribution in [0.5, 0.6) is 5.75 Å². The maximum Gasteiger partial charge on any atom is 0.287 e. The molecule has 1 amide bonds. The zero-order valence-electron chi connectivity index (χ0n) is 17.9. The number of ether oxygens (including phenoxy) is 1. The van der Waals surface area contributed by atoms with Crippen molar-refractivity contribution in [1.29, 1.82) is 0 Å². The monoisotopic (exact) mass is 471 g/mol. The molecule has 34 heavy (non-hydrogen) atoms. The van der Waals surface area contributed by atoms with Gasteiger partial charge in [-0.15, -0.1) is 0 Å². The second-order valence-electron chi connectivity index (χ2n) is 7.32. The summed E-state index contributed by atoms with van der Waals surface area (Å²) in [5.74, 6) is -0.0973. The molecule has 12 heteroatoms. The van der Waals surface area contributed by atoms with Crippen LogP contribution in [0, 0.1) is 27.2 Å². The molecule has 0 aliphatic carbocycles. The van der Waals surface area contributed by atoms with E-state index in [4.69, 9.17) is 9.15 Å². The lowest BCUT2D eigenvalue weighted by atomic mass is 10.0. The Morgan fingerprint density at radius 3 is 2.38 bits per heavy atom. The predicted octanol–water partition coefficient (Wildman–Crippen LogP) is 2.81. The van der Waals surface area contributed by atoms with E-state index < -0.39 is 34.5 Å². The van der Waals surface area contributed by atoms with Gasteiger partial charge in [0, 0.05) is 23.8 Å². The van der Waals surface area contributed by atoms with Gasteiger partial charge >= 0.3 is 0 Å². The van der Waals surface area contributed by atoms with Crippen molar-refractivity contribution < 1.29 is 34.0 Å². The van der Waals surface area contributed by atoms with Gasteiger partial charge in [-0.1, -0.05) is 0 Å². The second-order valence-corrected chi connectivity index (χ2v) is 7.32. The largest absolute Gasteiger partial charge is 0.486 e. The molecule has 1 heterocycles. The molecular weight excluding hydrogens is 450 g/mol. The number of benzene rings is 2. The van der Waals surface area contributed by atoms with Gasteiger partial charge in [-0.2, -0.15) is 0 Å². The number of nitro benzene ring substituents is 2. The SMILES string of the molecule is Cc1cc(OCc2ccc(C(=O)NC(CO)C(O)c3ccc([N+](=O)[O-])cc3)o2)ccc1[N+](=O)[O-]. The van der Waals surface area contributed by atoms with Gasteiger partial charge in [0.15, 0.2) is 5.76 Å². The lowest BCUT2D eigenvalue weighted by molar-refractivity contribution is -0.385. The first kappa shape index (κ1) is 24.4. The number of nitrogens with zero attached hydrogens (tertiary/aromatic N) is 2. The van der Waals surface area contributed by atoms with Gasteiger partial charge in [0.05, 0.1) is 22.5 Å². The van der Waals surface area contributed by atoms with Crippen LogP contribution >= 0.6 is 0 Å². The maximum atomic E-state index is 12.5. The fourth-order valence-electron chi connectivity index (χ4n) is 3.14. The van der Waals surface area contributed by atoms with Crippen molar-refractivity contribution in [3.8, 4) is 5.75 Å². The number of non-ortho nitro benzene ring substituents is 1. The van der Waals surface area contributed by atoms with E-state index in [1.165, 1.54) is 54.6 Å². The topological polar surface area (TPSA) is 178 Å². The van der Waals surface area contributed by atoms with Crippen LogP contribution in [-0.4, -0.2) is 38.6 Å². The Morgan fingerprint density at radius 1 is 1.09 bits per heavy atom. The molecule has 3 aromatic rings. The van der Waals surface area contributed by atoms with Crippen molar-refractivity contribution in [3.63, 3.8) is 0 Å². The third kappa shape index (κ3) is 5.74. The van der Waals surface area contributed by atoms with Crippen LogP contribution in [0.4, 0.5) is 11.4 Å². The Hall–Kier alpha value is -4.29. The number of amides is 1. The number of furan rings is 1. The Bertz CT molecular complexity index is 1190. The number of nitro groups is 2. The summed E-state index contributed by atoms with van der Waals surface area (Å²) in [6.45, 7) is 0.947. The summed E-state index contributed by atoms with van der Waals surface area (Å²) in [6.07, 6.45) is -1.32. The van der Waals surface area contributed by atoms with Gasteiger partial charge in [-0.05, 0) is 48.9 Å². The highest BCUT2D eigenvalue weighted by Crippen LogP contribution is 2.24. The van der Waals surface area contributed by atoms with E-state index in [0.717, 1.165) is 0 Å². The minimum absolute atomic E-state index is 0.0290. The molecule has 3 N–H and O–H groups in total. The fourth-order valence-corrected chi connectivity index (χ4v) is 3.14. The quantitative estimate of drug-likeness (QED) is 0.296. The summed E-state index contributed by atoms with van der Waals surface area (Å²) in [5, 5.41) is 44.2. The van der Waals surface area contributed by atoms with E-state index in [1.807, 2.05) is 0 Å². The van der Waals surface area contributed by atoms with Gasteiger partial charge in [-0.25, -0.2) is 0 Å². The molecular formula is C22H21N3O9. The average molecular weight is 471 g/mol. The third-order valence-electron chi connectivity index (χ3n) is 4.97. The standard InChI is InChI=1S/C22H21N3O9/c1-13-10-16(6-8-19(13)25(31)32)33-12-17-7-9-20(34-17)22(28)23-18(11-26)21(27)14-2-4-15(5-3-14)24(29)30/h2-10,18,21,26-27H,11-12H2,1H3,(H,23,28). The molecule has 3 rings (SSSR count). The van der Waals surface area contributed by atoms with Crippen LogP contribution in [0.15, 0.2) is 59.0 Å². The van der Waals surface area contributed by atoms with Crippen molar-refractivity contribution in [1.82, 2.24) is 5.32 Å².